The van der Waals surface area contributed by atoms with Crippen molar-refractivity contribution in [2.45, 2.75) is 20.3 Å². The molecule has 0 saturated carbocycles. The number of benzene rings is 1. The van der Waals surface area contributed by atoms with Crippen LogP contribution in [0.3, 0.4) is 0 Å². The van der Waals surface area contributed by atoms with Crippen molar-refractivity contribution in [3.8, 4) is 0 Å². The molecule has 1 unspecified atom stereocenters. The quantitative estimate of drug-likeness (QED) is 0.835. The second-order valence-electron chi connectivity index (χ2n) is 6.10. The number of carbonyl (C=O) groups is 2. The van der Waals surface area contributed by atoms with Crippen LogP contribution < -0.4 is 10.7 Å². The van der Waals surface area contributed by atoms with Crippen molar-refractivity contribution in [3.05, 3.63) is 57.3 Å². The first-order valence-electron chi connectivity index (χ1n) is 7.95. The van der Waals surface area contributed by atoms with Gasteiger partial charge < -0.3 is 5.32 Å². The summed E-state index contributed by atoms with van der Waals surface area (Å²) < 4.78 is 0. The molecule has 26 heavy (non-hydrogen) atoms. The first-order chi connectivity index (χ1) is 12.3. The van der Waals surface area contributed by atoms with Crippen molar-refractivity contribution < 1.29 is 9.59 Å². The van der Waals surface area contributed by atoms with Gasteiger partial charge in [-0.25, -0.2) is 10.4 Å². The summed E-state index contributed by atoms with van der Waals surface area (Å²) in [6.07, 6.45) is 1.77. The number of nitrogens with one attached hydrogen (secondary N) is 2. The summed E-state index contributed by atoms with van der Waals surface area (Å²) in [6, 6.07) is 6.95. The molecular formula is C18H16Cl2N4O2. The Hall–Kier alpha value is -2.44. The molecule has 0 fully saturated rings. The third-order valence-electron chi connectivity index (χ3n) is 4.04. The van der Waals surface area contributed by atoms with Gasteiger partial charge in [0.05, 0.1) is 15.8 Å². The van der Waals surface area contributed by atoms with Crippen LogP contribution in [0.5, 0.6) is 0 Å². The van der Waals surface area contributed by atoms with Crippen LogP contribution in [0.2, 0.25) is 10.0 Å². The number of nitrogens with zero attached hydrogens (tertiary/aromatic N) is 2. The molecule has 2 amide bonds. The number of hydrogen-bond acceptors (Lipinski definition) is 4. The maximum Gasteiger partial charge on any atom is 0.275 e. The number of hydrazone groups is 1. The van der Waals surface area contributed by atoms with Crippen molar-refractivity contribution in [2.24, 2.45) is 11.0 Å². The Morgan fingerprint density at radius 3 is 2.73 bits per heavy atom. The van der Waals surface area contributed by atoms with Gasteiger partial charge in [0.1, 0.15) is 5.69 Å². The molecule has 0 saturated heterocycles. The zero-order valence-corrected chi connectivity index (χ0v) is 15.6. The molecule has 2 aromatic rings. The second-order valence-corrected chi connectivity index (χ2v) is 6.95. The molecule has 0 bridgehead atoms. The lowest BCUT2D eigenvalue weighted by Crippen LogP contribution is -2.32. The number of carbonyl (C=O) groups excluding carboxylic acids is 2. The number of pyridine rings is 1. The zero-order chi connectivity index (χ0) is 18.8. The highest BCUT2D eigenvalue weighted by Gasteiger charge is 2.23. The van der Waals surface area contributed by atoms with E-state index in [1.165, 1.54) is 12.3 Å². The number of aromatic nitrogens is 1. The Morgan fingerprint density at radius 2 is 2.08 bits per heavy atom. The summed E-state index contributed by atoms with van der Waals surface area (Å²) in [5.41, 5.74) is 5.90. The number of halogens is 2. The maximum atomic E-state index is 12.4. The fraction of sp³-hybridized carbons (Fsp3) is 0.222. The van der Waals surface area contributed by atoms with Crippen LogP contribution in [-0.4, -0.2) is 22.5 Å². The number of aryl methyl sites for hydroxylation is 1. The van der Waals surface area contributed by atoms with Gasteiger partial charge in [-0.1, -0.05) is 36.2 Å². The Morgan fingerprint density at radius 1 is 1.31 bits per heavy atom. The standard InChI is InChI=1S/C18H16Cl2N4O2/c1-9-5-12(22-18(26)17-14(20)7-11(19)8-21-17)3-4-13(9)16-10(2)6-15(25)23-24-16/h3-5,7-8,10H,6H2,1-2H3,(H,22,26)(H,23,25). The molecule has 2 N–H and O–H groups in total. The molecule has 3 rings (SSSR count). The summed E-state index contributed by atoms with van der Waals surface area (Å²) in [4.78, 5) is 27.7. The fourth-order valence-corrected chi connectivity index (χ4v) is 3.25. The normalized spacial score (nSPS) is 16.7. The van der Waals surface area contributed by atoms with Gasteiger partial charge in [-0.2, -0.15) is 5.10 Å². The first-order valence-corrected chi connectivity index (χ1v) is 8.70. The Kier molecular flexibility index (Phi) is 5.25. The molecular weight excluding hydrogens is 375 g/mol. The highest BCUT2D eigenvalue weighted by Crippen LogP contribution is 2.23. The van der Waals surface area contributed by atoms with E-state index < -0.39 is 5.91 Å². The number of anilines is 1. The highest BCUT2D eigenvalue weighted by atomic mass is 35.5. The molecule has 8 heteroatoms. The molecule has 1 aliphatic rings. The molecule has 0 spiro atoms. The summed E-state index contributed by atoms with van der Waals surface area (Å²) in [5.74, 6) is -0.482. The molecule has 1 aromatic carbocycles. The minimum absolute atomic E-state index is 0.0277. The largest absolute Gasteiger partial charge is 0.321 e. The van der Waals surface area contributed by atoms with E-state index in [0.29, 0.717) is 17.1 Å². The van der Waals surface area contributed by atoms with Gasteiger partial charge in [0, 0.05) is 29.8 Å². The Bertz CT molecular complexity index is 927. The minimum atomic E-state index is -0.422. The lowest BCUT2D eigenvalue weighted by atomic mass is 9.91. The molecule has 1 aliphatic heterocycles. The molecule has 2 heterocycles. The summed E-state index contributed by atoms with van der Waals surface area (Å²) in [5, 5.41) is 7.49. The van der Waals surface area contributed by atoms with Gasteiger partial charge in [-0.05, 0) is 30.7 Å². The SMILES string of the molecule is Cc1cc(NC(=O)c2ncc(Cl)cc2Cl)ccc1C1=NNC(=O)CC1C. The van der Waals surface area contributed by atoms with E-state index in [2.05, 4.69) is 20.8 Å². The second kappa shape index (κ2) is 7.43. The smallest absolute Gasteiger partial charge is 0.275 e. The summed E-state index contributed by atoms with van der Waals surface area (Å²) in [7, 11) is 0. The zero-order valence-electron chi connectivity index (χ0n) is 14.1. The van der Waals surface area contributed by atoms with E-state index in [-0.39, 0.29) is 22.5 Å². The van der Waals surface area contributed by atoms with E-state index in [4.69, 9.17) is 23.2 Å². The number of amides is 2. The van der Waals surface area contributed by atoms with Gasteiger partial charge >= 0.3 is 0 Å². The Labute approximate surface area is 160 Å². The lowest BCUT2D eigenvalue weighted by Gasteiger charge is -2.21. The van der Waals surface area contributed by atoms with E-state index in [1.807, 2.05) is 26.0 Å². The van der Waals surface area contributed by atoms with Gasteiger partial charge in [0.25, 0.3) is 5.91 Å². The van der Waals surface area contributed by atoms with Crippen molar-refractivity contribution in [1.29, 1.82) is 0 Å². The third-order valence-corrected chi connectivity index (χ3v) is 4.54. The van der Waals surface area contributed by atoms with Gasteiger partial charge in [-0.3, -0.25) is 9.59 Å². The van der Waals surface area contributed by atoms with E-state index in [0.717, 1.165) is 16.8 Å². The average molecular weight is 391 g/mol. The average Bonchev–Trinajstić information content (AvgIpc) is 2.55. The van der Waals surface area contributed by atoms with Crippen LogP contribution in [-0.2, 0) is 4.79 Å². The highest BCUT2D eigenvalue weighted by molar-refractivity contribution is 6.36. The summed E-state index contributed by atoms with van der Waals surface area (Å²) >= 11 is 11.8. The minimum Gasteiger partial charge on any atom is -0.321 e. The number of hydrogen-bond donors (Lipinski definition) is 2. The van der Waals surface area contributed by atoms with Crippen LogP contribution in [0.15, 0.2) is 35.6 Å². The van der Waals surface area contributed by atoms with Gasteiger partial charge in [0.15, 0.2) is 0 Å². The van der Waals surface area contributed by atoms with Crippen LogP contribution in [0.25, 0.3) is 0 Å². The molecule has 6 nitrogen and oxygen atoms in total. The predicted octanol–water partition coefficient (Wildman–Crippen LogP) is 3.81. The maximum absolute atomic E-state index is 12.4. The molecule has 1 atom stereocenters. The third kappa shape index (κ3) is 3.86. The molecule has 0 aliphatic carbocycles. The summed E-state index contributed by atoms with van der Waals surface area (Å²) in [6.45, 7) is 3.88. The predicted molar refractivity (Wildman–Crippen MR) is 102 cm³/mol. The van der Waals surface area contributed by atoms with Crippen molar-refractivity contribution in [1.82, 2.24) is 10.4 Å². The van der Waals surface area contributed by atoms with Crippen LogP contribution >= 0.6 is 23.2 Å². The molecule has 0 radical (unpaired) electrons. The molecule has 1 aromatic heterocycles. The van der Waals surface area contributed by atoms with Crippen LogP contribution in [0, 0.1) is 12.8 Å². The van der Waals surface area contributed by atoms with Crippen molar-refractivity contribution >= 4 is 46.4 Å². The molecule has 134 valence electrons. The topological polar surface area (TPSA) is 83.4 Å². The van der Waals surface area contributed by atoms with E-state index in [1.54, 1.807) is 6.07 Å². The van der Waals surface area contributed by atoms with E-state index in [9.17, 15) is 9.59 Å². The van der Waals surface area contributed by atoms with Crippen LogP contribution in [0.1, 0.15) is 35.0 Å². The monoisotopic (exact) mass is 390 g/mol. The van der Waals surface area contributed by atoms with Gasteiger partial charge in [-0.15, -0.1) is 0 Å². The first kappa shape index (κ1) is 18.4. The van der Waals surface area contributed by atoms with E-state index >= 15 is 0 Å². The van der Waals surface area contributed by atoms with Crippen molar-refractivity contribution in [2.75, 3.05) is 5.32 Å². The van der Waals surface area contributed by atoms with Crippen LogP contribution in [0.4, 0.5) is 5.69 Å². The number of rotatable bonds is 3. The Balaban J connectivity index is 1.82. The lowest BCUT2D eigenvalue weighted by molar-refractivity contribution is -0.121. The van der Waals surface area contributed by atoms with Crippen molar-refractivity contribution in [3.63, 3.8) is 0 Å². The van der Waals surface area contributed by atoms with Gasteiger partial charge in [0.2, 0.25) is 5.91 Å². The fourth-order valence-electron chi connectivity index (χ4n) is 2.78.